The van der Waals surface area contributed by atoms with Crippen LogP contribution in [0.1, 0.15) is 9.67 Å². The lowest BCUT2D eigenvalue weighted by molar-refractivity contribution is 0.0832. The minimum absolute atomic E-state index is 0.145. The van der Waals surface area contributed by atoms with E-state index >= 15 is 0 Å². The average molecular weight is 464 g/mol. The smallest absolute Gasteiger partial charge is 0.263 e. The van der Waals surface area contributed by atoms with E-state index in [0.29, 0.717) is 4.88 Å². The standard InChI is InChI=1S/C21H21NO5S3/c1-22(2)21(23)19-13-18(14-5-9-16(10-6-14)29(3,24)25)20(28-19)15-7-11-17(12-8-15)30(4,26)27/h5-13H,1-4H3. The van der Waals surface area contributed by atoms with Crippen molar-refractivity contribution in [2.45, 2.75) is 9.79 Å². The van der Waals surface area contributed by atoms with Crippen molar-refractivity contribution in [2.75, 3.05) is 26.6 Å². The minimum Gasteiger partial charge on any atom is -0.344 e. The Balaban J connectivity index is 2.15. The molecule has 1 amide bonds. The maximum absolute atomic E-state index is 12.5. The van der Waals surface area contributed by atoms with Crippen LogP contribution in [0.25, 0.3) is 21.6 Å². The van der Waals surface area contributed by atoms with Crippen molar-refractivity contribution in [1.82, 2.24) is 4.90 Å². The fraction of sp³-hybridized carbons (Fsp3) is 0.190. The third-order valence-electron chi connectivity index (χ3n) is 4.49. The predicted octanol–water partition coefficient (Wildman–Crippen LogP) is 3.59. The summed E-state index contributed by atoms with van der Waals surface area (Å²) >= 11 is 1.31. The van der Waals surface area contributed by atoms with Gasteiger partial charge in [-0.3, -0.25) is 4.79 Å². The number of hydrogen-bond acceptors (Lipinski definition) is 6. The first-order chi connectivity index (χ1) is 13.9. The fourth-order valence-corrected chi connectivity index (χ4v) is 5.35. The highest BCUT2D eigenvalue weighted by atomic mass is 32.2. The molecule has 158 valence electrons. The number of rotatable bonds is 5. The van der Waals surface area contributed by atoms with Crippen molar-refractivity contribution >= 4 is 36.9 Å². The molecule has 30 heavy (non-hydrogen) atoms. The largest absolute Gasteiger partial charge is 0.344 e. The Bertz CT molecular complexity index is 1210. The van der Waals surface area contributed by atoms with E-state index in [-0.39, 0.29) is 15.7 Å². The van der Waals surface area contributed by atoms with E-state index in [0.717, 1.165) is 34.1 Å². The lowest BCUT2D eigenvalue weighted by atomic mass is 10.0. The zero-order valence-corrected chi connectivity index (χ0v) is 19.4. The Labute approximate surface area is 180 Å². The molecule has 0 spiro atoms. The monoisotopic (exact) mass is 463 g/mol. The lowest BCUT2D eigenvalue weighted by Crippen LogP contribution is -2.20. The van der Waals surface area contributed by atoms with Gasteiger partial charge in [0.1, 0.15) is 0 Å². The van der Waals surface area contributed by atoms with Gasteiger partial charge in [-0.25, -0.2) is 16.8 Å². The van der Waals surface area contributed by atoms with Crippen molar-refractivity contribution in [3.05, 3.63) is 59.5 Å². The molecule has 0 N–H and O–H groups in total. The number of sulfone groups is 2. The van der Waals surface area contributed by atoms with Gasteiger partial charge in [-0.1, -0.05) is 24.3 Å². The summed E-state index contributed by atoms with van der Waals surface area (Å²) in [5, 5.41) is 0. The number of thiophene rings is 1. The van der Waals surface area contributed by atoms with Gasteiger partial charge >= 0.3 is 0 Å². The van der Waals surface area contributed by atoms with Gasteiger partial charge in [0.2, 0.25) is 0 Å². The van der Waals surface area contributed by atoms with Crippen LogP contribution in [0.4, 0.5) is 0 Å². The number of benzene rings is 2. The van der Waals surface area contributed by atoms with Crippen LogP contribution in [0.2, 0.25) is 0 Å². The normalized spacial score (nSPS) is 12.0. The van der Waals surface area contributed by atoms with E-state index in [1.165, 1.54) is 40.5 Å². The first kappa shape index (κ1) is 22.2. The zero-order chi connectivity index (χ0) is 22.3. The van der Waals surface area contributed by atoms with Crippen LogP contribution in [0.15, 0.2) is 64.4 Å². The predicted molar refractivity (Wildman–Crippen MR) is 119 cm³/mol. The van der Waals surface area contributed by atoms with E-state index in [1.54, 1.807) is 44.4 Å². The Morgan fingerprint density at radius 2 is 1.20 bits per heavy atom. The molecule has 0 bridgehead atoms. The van der Waals surface area contributed by atoms with Gasteiger partial charge < -0.3 is 4.90 Å². The van der Waals surface area contributed by atoms with Gasteiger partial charge in [0.25, 0.3) is 5.91 Å². The molecular weight excluding hydrogens is 442 g/mol. The molecule has 0 aliphatic heterocycles. The highest BCUT2D eigenvalue weighted by molar-refractivity contribution is 7.91. The second kappa shape index (κ2) is 7.98. The van der Waals surface area contributed by atoms with Crippen molar-refractivity contribution in [1.29, 1.82) is 0 Å². The van der Waals surface area contributed by atoms with Crippen LogP contribution in [-0.4, -0.2) is 54.2 Å². The molecule has 0 atom stereocenters. The van der Waals surface area contributed by atoms with Gasteiger partial charge in [-0.15, -0.1) is 11.3 Å². The van der Waals surface area contributed by atoms with E-state index in [4.69, 9.17) is 0 Å². The molecule has 9 heteroatoms. The topological polar surface area (TPSA) is 88.6 Å². The van der Waals surface area contributed by atoms with Gasteiger partial charge in [0, 0.05) is 37.0 Å². The summed E-state index contributed by atoms with van der Waals surface area (Å²) in [6.07, 6.45) is 2.30. The Morgan fingerprint density at radius 1 is 0.767 bits per heavy atom. The zero-order valence-electron chi connectivity index (χ0n) is 16.9. The van der Waals surface area contributed by atoms with E-state index in [2.05, 4.69) is 0 Å². The van der Waals surface area contributed by atoms with Gasteiger partial charge in [0.05, 0.1) is 14.7 Å². The summed E-state index contributed by atoms with van der Waals surface area (Å²) in [6, 6.07) is 14.7. The van der Waals surface area contributed by atoms with E-state index in [1.807, 2.05) is 0 Å². The summed E-state index contributed by atoms with van der Waals surface area (Å²) in [7, 11) is -3.29. The summed E-state index contributed by atoms with van der Waals surface area (Å²) in [4.78, 5) is 15.8. The van der Waals surface area contributed by atoms with Crippen LogP contribution in [0, 0.1) is 0 Å². The number of amides is 1. The molecule has 0 aliphatic rings. The van der Waals surface area contributed by atoms with Gasteiger partial charge in [0.15, 0.2) is 19.7 Å². The summed E-state index contributed by atoms with van der Waals surface area (Å²) in [6.45, 7) is 0. The Kier molecular flexibility index (Phi) is 5.90. The molecule has 3 rings (SSSR count). The number of hydrogen-bond donors (Lipinski definition) is 0. The summed E-state index contributed by atoms with van der Waals surface area (Å²) < 4.78 is 47.0. The first-order valence-corrected chi connectivity index (χ1v) is 13.4. The third kappa shape index (κ3) is 4.63. The molecule has 0 radical (unpaired) electrons. The van der Waals surface area contributed by atoms with Gasteiger partial charge in [-0.05, 0) is 41.5 Å². The Hall–Kier alpha value is -2.49. The van der Waals surface area contributed by atoms with Crippen molar-refractivity contribution in [3.63, 3.8) is 0 Å². The SMILES string of the molecule is CN(C)C(=O)c1cc(-c2ccc(S(C)(=O)=O)cc2)c(-c2ccc(S(C)(=O)=O)cc2)s1. The maximum Gasteiger partial charge on any atom is 0.263 e. The molecule has 1 heterocycles. The molecule has 1 aromatic heterocycles. The first-order valence-electron chi connectivity index (χ1n) is 8.84. The van der Waals surface area contributed by atoms with E-state index < -0.39 is 19.7 Å². The fourth-order valence-electron chi connectivity index (χ4n) is 2.88. The molecule has 0 unspecified atom stereocenters. The number of carbonyl (C=O) groups is 1. The lowest BCUT2D eigenvalue weighted by Gasteiger charge is -2.07. The van der Waals surface area contributed by atoms with Crippen LogP contribution in [0.3, 0.4) is 0 Å². The van der Waals surface area contributed by atoms with Crippen LogP contribution >= 0.6 is 11.3 Å². The average Bonchev–Trinajstić information content (AvgIpc) is 3.11. The second-order valence-corrected chi connectivity index (χ2v) is 12.2. The molecule has 0 saturated carbocycles. The van der Waals surface area contributed by atoms with Crippen molar-refractivity contribution < 1.29 is 21.6 Å². The molecular formula is C21H21NO5S3. The highest BCUT2D eigenvalue weighted by Gasteiger charge is 2.19. The third-order valence-corrected chi connectivity index (χ3v) is 7.92. The molecule has 0 fully saturated rings. The molecule has 0 aliphatic carbocycles. The van der Waals surface area contributed by atoms with E-state index in [9.17, 15) is 21.6 Å². The Morgan fingerprint density at radius 3 is 1.60 bits per heavy atom. The molecule has 6 nitrogen and oxygen atoms in total. The quantitative estimate of drug-likeness (QED) is 0.577. The molecule has 3 aromatic rings. The molecule has 0 saturated heterocycles. The second-order valence-electron chi connectivity index (χ2n) is 7.15. The van der Waals surface area contributed by atoms with Crippen molar-refractivity contribution in [3.8, 4) is 21.6 Å². The summed E-state index contributed by atoms with van der Waals surface area (Å²) in [5.74, 6) is -0.145. The van der Waals surface area contributed by atoms with Crippen LogP contribution in [0.5, 0.6) is 0 Å². The van der Waals surface area contributed by atoms with Gasteiger partial charge in [-0.2, -0.15) is 0 Å². The number of carbonyl (C=O) groups excluding carboxylic acids is 1. The highest BCUT2D eigenvalue weighted by Crippen LogP contribution is 2.40. The number of nitrogens with zero attached hydrogens (tertiary/aromatic N) is 1. The van der Waals surface area contributed by atoms with Crippen LogP contribution in [-0.2, 0) is 19.7 Å². The molecule has 2 aromatic carbocycles. The maximum atomic E-state index is 12.5. The summed E-state index contributed by atoms with van der Waals surface area (Å²) in [5.41, 5.74) is 2.31. The minimum atomic E-state index is -3.32. The van der Waals surface area contributed by atoms with Crippen molar-refractivity contribution in [2.24, 2.45) is 0 Å². The van der Waals surface area contributed by atoms with Crippen LogP contribution < -0.4 is 0 Å².